The molecule has 6 nitrogen and oxygen atoms in total. The van der Waals surface area contributed by atoms with Gasteiger partial charge in [0.05, 0.1) is 22.8 Å². The second kappa shape index (κ2) is 8.53. The maximum atomic E-state index is 15.5. The van der Waals surface area contributed by atoms with E-state index in [0.717, 1.165) is 23.8 Å². The Morgan fingerprint density at radius 2 is 1.89 bits per heavy atom. The molecule has 0 fully saturated rings. The van der Waals surface area contributed by atoms with Gasteiger partial charge in [0.2, 0.25) is 0 Å². The summed E-state index contributed by atoms with van der Waals surface area (Å²) >= 11 is 0. The number of aromatic amines is 1. The number of sulfone groups is 1. The van der Waals surface area contributed by atoms with Crippen molar-refractivity contribution >= 4 is 26.5 Å². The number of Topliss-reactive ketones (excluding diaryl/α,β-unsaturated/α-hetero) is 1. The Hall–Kier alpha value is -3.66. The molecule has 10 heteroatoms. The van der Waals surface area contributed by atoms with Crippen molar-refractivity contribution in [2.45, 2.75) is 30.4 Å². The quantitative estimate of drug-likeness (QED) is 0.370. The molecule has 2 heterocycles. The number of benzene rings is 3. The van der Waals surface area contributed by atoms with Gasteiger partial charge < -0.3 is 4.74 Å². The van der Waals surface area contributed by atoms with E-state index in [-0.39, 0.29) is 39.3 Å². The number of rotatable bonds is 6. The molecule has 3 aromatic carbocycles. The maximum Gasteiger partial charge on any atom is 0.182 e. The highest BCUT2D eigenvalue weighted by Gasteiger charge is 2.26. The molecule has 0 amide bonds. The number of hydrogen-bond donors (Lipinski definition) is 1. The number of fused-ring (bicyclic) bond motifs is 2. The van der Waals surface area contributed by atoms with Gasteiger partial charge in [-0.1, -0.05) is 25.1 Å². The van der Waals surface area contributed by atoms with Gasteiger partial charge in [0.25, 0.3) is 0 Å². The zero-order valence-electron chi connectivity index (χ0n) is 18.5. The molecule has 0 atom stereocenters. The summed E-state index contributed by atoms with van der Waals surface area (Å²) in [5, 5.41) is 6.48. The van der Waals surface area contributed by atoms with Gasteiger partial charge in [-0.15, -0.1) is 0 Å². The molecule has 4 aromatic rings. The standard InChI is InChI=1S/C25H19F3N2O4S/c1-2-19(31)24-17-7-6-16(23(28)25(17)30-29-24)21-18(26)8-4-14(22(21)27)12-35(32,33)15-5-3-13-9-10-34-20(13)11-15/h3-8,11H,2,9-10,12H2,1H3,(H,29,30). The third kappa shape index (κ3) is 3.87. The normalized spacial score (nSPS) is 13.1. The van der Waals surface area contributed by atoms with Gasteiger partial charge in [0.1, 0.15) is 28.6 Å². The second-order valence-electron chi connectivity index (χ2n) is 8.22. The lowest BCUT2D eigenvalue weighted by Gasteiger charge is -2.12. The van der Waals surface area contributed by atoms with Crippen LogP contribution in [0.5, 0.6) is 5.75 Å². The van der Waals surface area contributed by atoms with Gasteiger partial charge in [0, 0.05) is 29.4 Å². The van der Waals surface area contributed by atoms with Crippen LogP contribution < -0.4 is 4.74 Å². The molecule has 5 rings (SSSR count). The number of halogens is 3. The first-order valence-electron chi connectivity index (χ1n) is 10.9. The summed E-state index contributed by atoms with van der Waals surface area (Å²) < 4.78 is 76.9. The average Bonchev–Trinajstić information content (AvgIpc) is 3.49. The number of carbonyl (C=O) groups excluding carboxylic acids is 1. The monoisotopic (exact) mass is 500 g/mol. The van der Waals surface area contributed by atoms with Gasteiger partial charge in [-0.3, -0.25) is 9.89 Å². The van der Waals surface area contributed by atoms with Gasteiger partial charge >= 0.3 is 0 Å². The first-order valence-corrected chi connectivity index (χ1v) is 12.5. The Kier molecular flexibility index (Phi) is 5.63. The van der Waals surface area contributed by atoms with Crippen molar-refractivity contribution in [3.05, 3.63) is 76.7 Å². The lowest BCUT2D eigenvalue weighted by atomic mass is 9.99. The Bertz CT molecular complexity index is 1610. The highest BCUT2D eigenvalue weighted by Crippen LogP contribution is 2.35. The van der Waals surface area contributed by atoms with E-state index in [1.165, 1.54) is 18.2 Å². The van der Waals surface area contributed by atoms with Crippen LogP contribution in [0.2, 0.25) is 0 Å². The minimum absolute atomic E-state index is 0.0549. The van der Waals surface area contributed by atoms with Crippen LogP contribution in [-0.2, 0) is 22.0 Å². The van der Waals surface area contributed by atoms with Gasteiger partial charge in [-0.25, -0.2) is 21.6 Å². The van der Waals surface area contributed by atoms with Crippen molar-refractivity contribution in [2.24, 2.45) is 0 Å². The molecule has 0 radical (unpaired) electrons. The fourth-order valence-corrected chi connectivity index (χ4v) is 5.57. The van der Waals surface area contributed by atoms with Crippen LogP contribution in [0.4, 0.5) is 13.2 Å². The van der Waals surface area contributed by atoms with Crippen molar-refractivity contribution in [1.29, 1.82) is 0 Å². The van der Waals surface area contributed by atoms with E-state index in [1.807, 2.05) is 0 Å². The molecule has 1 aliphatic heterocycles. The molecule has 0 aliphatic carbocycles. The summed E-state index contributed by atoms with van der Waals surface area (Å²) in [5.74, 6) is -3.87. The van der Waals surface area contributed by atoms with Crippen molar-refractivity contribution in [3.63, 3.8) is 0 Å². The first kappa shape index (κ1) is 23.1. The highest BCUT2D eigenvalue weighted by molar-refractivity contribution is 7.90. The summed E-state index contributed by atoms with van der Waals surface area (Å²) in [5.41, 5.74) is -0.708. The molecule has 1 aliphatic rings. The predicted octanol–water partition coefficient (Wildman–Crippen LogP) is 5.15. The molecule has 0 saturated heterocycles. The van der Waals surface area contributed by atoms with E-state index in [1.54, 1.807) is 13.0 Å². The SMILES string of the molecule is CCC(=O)c1[nH]nc2c(F)c(-c3c(F)ccc(CS(=O)(=O)c4ccc5c(c4)OCC5)c3F)ccc12. The number of carbonyl (C=O) groups is 1. The lowest BCUT2D eigenvalue weighted by Crippen LogP contribution is -2.08. The fourth-order valence-electron chi connectivity index (χ4n) is 4.21. The number of nitrogens with zero attached hydrogens (tertiary/aromatic N) is 1. The summed E-state index contributed by atoms with van der Waals surface area (Å²) in [7, 11) is -4.01. The highest BCUT2D eigenvalue weighted by atomic mass is 32.2. The Morgan fingerprint density at radius 3 is 2.66 bits per heavy atom. The summed E-state index contributed by atoms with van der Waals surface area (Å²) in [6.45, 7) is 2.09. The minimum Gasteiger partial charge on any atom is -0.493 e. The summed E-state index contributed by atoms with van der Waals surface area (Å²) in [4.78, 5) is 12.0. The molecular weight excluding hydrogens is 481 g/mol. The maximum absolute atomic E-state index is 15.5. The third-order valence-electron chi connectivity index (χ3n) is 6.08. The zero-order chi connectivity index (χ0) is 24.9. The number of H-pyrrole nitrogens is 1. The molecule has 0 unspecified atom stereocenters. The van der Waals surface area contributed by atoms with Crippen LogP contribution in [0.15, 0.2) is 47.4 Å². The largest absolute Gasteiger partial charge is 0.493 e. The molecule has 1 aromatic heterocycles. The van der Waals surface area contributed by atoms with Crippen molar-refractivity contribution in [3.8, 4) is 16.9 Å². The summed E-state index contributed by atoms with van der Waals surface area (Å²) in [6.07, 6.45) is 0.836. The van der Waals surface area contributed by atoms with Crippen molar-refractivity contribution in [1.82, 2.24) is 10.2 Å². The first-order chi connectivity index (χ1) is 16.7. The van der Waals surface area contributed by atoms with Crippen LogP contribution in [0, 0.1) is 17.5 Å². The number of aromatic nitrogens is 2. The Morgan fingerprint density at radius 1 is 1.09 bits per heavy atom. The van der Waals surface area contributed by atoms with Crippen molar-refractivity contribution < 1.29 is 31.1 Å². The molecule has 0 spiro atoms. The summed E-state index contributed by atoms with van der Waals surface area (Å²) in [6, 6.07) is 8.89. The minimum atomic E-state index is -4.01. The number of ketones is 1. The van der Waals surface area contributed by atoms with E-state index >= 15 is 8.78 Å². The number of ether oxygens (including phenoxy) is 1. The van der Waals surface area contributed by atoms with Crippen LogP contribution in [0.1, 0.15) is 35.0 Å². The van der Waals surface area contributed by atoms with E-state index in [2.05, 4.69) is 10.2 Å². The Balaban J connectivity index is 1.56. The molecular formula is C25H19F3N2O4S. The van der Waals surface area contributed by atoms with Crippen molar-refractivity contribution in [2.75, 3.05) is 6.61 Å². The van der Waals surface area contributed by atoms with Crippen LogP contribution >= 0.6 is 0 Å². The second-order valence-corrected chi connectivity index (χ2v) is 10.2. The van der Waals surface area contributed by atoms with Crippen LogP contribution in [0.25, 0.3) is 22.0 Å². The smallest absolute Gasteiger partial charge is 0.182 e. The van der Waals surface area contributed by atoms with E-state index in [9.17, 15) is 17.6 Å². The van der Waals surface area contributed by atoms with Crippen LogP contribution in [0.3, 0.4) is 0 Å². The molecule has 35 heavy (non-hydrogen) atoms. The molecule has 0 saturated carbocycles. The number of nitrogens with one attached hydrogen (secondary N) is 1. The Labute approximate surface area is 198 Å². The predicted molar refractivity (Wildman–Crippen MR) is 123 cm³/mol. The van der Waals surface area contributed by atoms with E-state index < -0.39 is 44.2 Å². The zero-order valence-corrected chi connectivity index (χ0v) is 19.3. The average molecular weight is 500 g/mol. The molecule has 0 bridgehead atoms. The van der Waals surface area contributed by atoms with E-state index in [4.69, 9.17) is 4.74 Å². The number of hydrogen-bond acceptors (Lipinski definition) is 5. The fraction of sp³-hybridized carbons (Fsp3) is 0.200. The van der Waals surface area contributed by atoms with E-state index in [0.29, 0.717) is 18.8 Å². The van der Waals surface area contributed by atoms with Gasteiger partial charge in [-0.2, -0.15) is 5.10 Å². The van der Waals surface area contributed by atoms with Gasteiger partial charge in [-0.05, 0) is 29.8 Å². The third-order valence-corrected chi connectivity index (χ3v) is 7.74. The van der Waals surface area contributed by atoms with Crippen LogP contribution in [-0.4, -0.2) is 31.0 Å². The molecule has 1 N–H and O–H groups in total. The molecule has 180 valence electrons. The van der Waals surface area contributed by atoms with Gasteiger partial charge in [0.15, 0.2) is 21.4 Å². The topological polar surface area (TPSA) is 89.1 Å². The lowest BCUT2D eigenvalue weighted by molar-refractivity contribution is 0.0985.